The Morgan fingerprint density at radius 3 is 1.55 bits per heavy atom. The van der Waals surface area contributed by atoms with E-state index < -0.39 is 83.8 Å². The zero-order valence-electron chi connectivity index (χ0n) is 34.7. The van der Waals surface area contributed by atoms with Crippen molar-refractivity contribution in [3.05, 3.63) is 93.6 Å². The van der Waals surface area contributed by atoms with Crippen molar-refractivity contribution < 1.29 is 82.5 Å². The molecular weight excluding hydrogens is 844 g/mol. The van der Waals surface area contributed by atoms with Crippen LogP contribution in [0.15, 0.2) is 91.6 Å². The molecule has 0 aliphatic carbocycles. The fourth-order valence-electron chi connectivity index (χ4n) is 7.70. The van der Waals surface area contributed by atoms with Gasteiger partial charge in [-0.1, -0.05) is 12.1 Å². The minimum absolute atomic E-state index is 0.0109. The number of ether oxygens (including phenoxy) is 8. The van der Waals surface area contributed by atoms with Gasteiger partial charge in [0.05, 0.1) is 44.7 Å². The van der Waals surface area contributed by atoms with Gasteiger partial charge in [0.2, 0.25) is 17.1 Å². The third kappa shape index (κ3) is 8.03. The van der Waals surface area contributed by atoms with E-state index in [1.165, 1.54) is 90.2 Å². The largest absolute Gasteiger partial charge is 0.507 e. The van der Waals surface area contributed by atoms with Crippen LogP contribution in [-0.2, 0) is 14.2 Å². The van der Waals surface area contributed by atoms with Crippen molar-refractivity contribution in [2.24, 2.45) is 0 Å². The van der Waals surface area contributed by atoms with E-state index in [2.05, 4.69) is 0 Å². The molecule has 4 aromatic carbocycles. The number of aliphatic hydroxyl groups excluding tert-OH is 5. The lowest BCUT2D eigenvalue weighted by atomic mass is 9.97. The SMILES string of the molecule is COc1ccc(-c2coc3cc(Oc4cc(O)c5c(=O)c(-c6ccc(O[C@H]7O[C@H](C)[C@@H](O[C@H]8O[C@H](C)[C@@H](O)[C@H](O)[C@@H]8O)[C@H](O)[C@@H]7O)c(OC)c6)coc5c4)cc(O)c3c2=O)cc1OC. The fourth-order valence-corrected chi connectivity index (χ4v) is 7.70. The number of hydrogen-bond donors (Lipinski definition) is 7. The smallest absolute Gasteiger partial charge is 0.229 e. The minimum Gasteiger partial charge on any atom is -0.507 e. The van der Waals surface area contributed by atoms with Crippen molar-refractivity contribution in [2.75, 3.05) is 21.3 Å². The van der Waals surface area contributed by atoms with E-state index in [4.69, 9.17) is 46.7 Å². The second kappa shape index (κ2) is 17.6. The van der Waals surface area contributed by atoms with Gasteiger partial charge in [-0.15, -0.1) is 0 Å². The lowest BCUT2D eigenvalue weighted by molar-refractivity contribution is -0.345. The maximum Gasteiger partial charge on any atom is 0.229 e. The third-order valence-corrected chi connectivity index (χ3v) is 11.2. The molecule has 7 N–H and O–H groups in total. The highest BCUT2D eigenvalue weighted by Crippen LogP contribution is 2.39. The molecule has 2 saturated heterocycles. The van der Waals surface area contributed by atoms with Gasteiger partial charge >= 0.3 is 0 Å². The second-order valence-electron chi connectivity index (χ2n) is 15.2. The quantitative estimate of drug-likeness (QED) is 0.0980. The van der Waals surface area contributed by atoms with Crippen LogP contribution in [0.4, 0.5) is 0 Å². The van der Waals surface area contributed by atoms with Crippen LogP contribution < -0.4 is 34.5 Å². The predicted octanol–water partition coefficient (Wildman–Crippen LogP) is 3.52. The van der Waals surface area contributed by atoms with Crippen molar-refractivity contribution in [3.63, 3.8) is 0 Å². The van der Waals surface area contributed by atoms with E-state index in [-0.39, 0.29) is 56.1 Å². The van der Waals surface area contributed by atoms with Crippen LogP contribution in [0.25, 0.3) is 44.2 Å². The number of rotatable bonds is 11. The molecule has 0 saturated carbocycles. The Hall–Kier alpha value is -6.42. The van der Waals surface area contributed by atoms with Gasteiger partial charge in [0.1, 0.15) is 94.1 Å². The number of aliphatic hydroxyl groups is 5. The summed E-state index contributed by atoms with van der Waals surface area (Å²) >= 11 is 0. The van der Waals surface area contributed by atoms with Crippen LogP contribution in [-0.4, -0.2) is 118 Å². The van der Waals surface area contributed by atoms with E-state index in [9.17, 15) is 45.3 Å². The molecule has 19 nitrogen and oxygen atoms in total. The number of phenolic OH excluding ortho intramolecular Hbond substituents is 2. The summed E-state index contributed by atoms with van der Waals surface area (Å²) < 4.78 is 56.6. The molecule has 0 spiro atoms. The molecule has 0 unspecified atom stereocenters. The average Bonchev–Trinajstić information content (AvgIpc) is 3.27. The van der Waals surface area contributed by atoms with E-state index in [1.807, 2.05) is 0 Å². The maximum atomic E-state index is 13.8. The highest BCUT2D eigenvalue weighted by atomic mass is 16.7. The lowest BCUT2D eigenvalue weighted by Gasteiger charge is -2.45. The normalized spacial score (nSPS) is 25.8. The lowest BCUT2D eigenvalue weighted by Crippen LogP contribution is -2.63. The summed E-state index contributed by atoms with van der Waals surface area (Å²) in [5, 5.41) is 74.3. The fraction of sp³-hybridized carbons (Fsp3) is 0.333. The van der Waals surface area contributed by atoms with Gasteiger partial charge in [0.15, 0.2) is 29.3 Å². The molecule has 19 heteroatoms. The summed E-state index contributed by atoms with van der Waals surface area (Å²) in [6.07, 6.45) is -11.5. The zero-order chi connectivity index (χ0) is 45.7. The first kappa shape index (κ1) is 44.2. The van der Waals surface area contributed by atoms with Crippen LogP contribution in [0.2, 0.25) is 0 Å². The van der Waals surface area contributed by atoms with Crippen LogP contribution in [0.3, 0.4) is 0 Å². The van der Waals surface area contributed by atoms with Crippen molar-refractivity contribution in [3.8, 4) is 68.2 Å². The molecule has 2 fully saturated rings. The number of aromatic hydroxyl groups is 2. The molecule has 0 radical (unpaired) electrons. The Balaban J connectivity index is 0.991. The van der Waals surface area contributed by atoms with Gasteiger partial charge in [0, 0.05) is 24.3 Å². The molecule has 338 valence electrons. The Morgan fingerprint density at radius 1 is 0.531 bits per heavy atom. The maximum absolute atomic E-state index is 13.8. The van der Waals surface area contributed by atoms with E-state index >= 15 is 0 Å². The third-order valence-electron chi connectivity index (χ3n) is 11.2. The Bertz CT molecular complexity index is 2820. The topological polar surface area (TPSA) is 276 Å². The number of methoxy groups -OCH3 is 3. The monoisotopic (exact) mass is 888 g/mol. The summed E-state index contributed by atoms with van der Waals surface area (Å²) in [7, 11) is 4.29. The second-order valence-corrected chi connectivity index (χ2v) is 15.2. The summed E-state index contributed by atoms with van der Waals surface area (Å²) in [5.74, 6) is 0.132. The van der Waals surface area contributed by atoms with E-state index in [1.54, 1.807) is 18.2 Å². The molecule has 0 amide bonds. The standard InChI is InChI=1S/C45H44O19/c1-18-36(48)39(51)41(53)45(60-18)64-43-19(2)61-44(42(54)40(43)52)63-29-9-7-21(11-31(29)57-5)25-17-59-33-15-23(13-27(47)35(33)38(25)50)62-22-12-26(46)34-32(14-22)58-16-24(37(34)49)20-6-8-28(55-3)30(10-20)56-4/h6-19,36,39-48,51-54H,1-5H3/t18-,19-,36-,39+,40-,41+,42+,43-,44-,45-/m1/s1. The predicted molar refractivity (Wildman–Crippen MR) is 223 cm³/mol. The van der Waals surface area contributed by atoms with Crippen molar-refractivity contribution >= 4 is 21.9 Å². The van der Waals surface area contributed by atoms with Gasteiger partial charge in [-0.25, -0.2) is 0 Å². The molecule has 2 aromatic heterocycles. The van der Waals surface area contributed by atoms with Crippen LogP contribution in [0, 0.1) is 0 Å². The number of benzene rings is 4. The minimum atomic E-state index is -1.69. The summed E-state index contributed by atoms with van der Waals surface area (Å²) in [4.78, 5) is 27.4. The molecule has 8 rings (SSSR count). The Labute approximate surface area is 362 Å². The molecule has 2 aliphatic heterocycles. The zero-order valence-corrected chi connectivity index (χ0v) is 34.7. The van der Waals surface area contributed by atoms with Gasteiger partial charge in [-0.2, -0.15) is 0 Å². The molecule has 6 aromatic rings. The van der Waals surface area contributed by atoms with Crippen LogP contribution in [0.5, 0.6) is 46.0 Å². The number of fused-ring (bicyclic) bond motifs is 2. The molecule has 2 aliphatic rings. The number of hydrogen-bond acceptors (Lipinski definition) is 19. The van der Waals surface area contributed by atoms with Crippen molar-refractivity contribution in [1.29, 1.82) is 0 Å². The first-order valence-electron chi connectivity index (χ1n) is 19.8. The van der Waals surface area contributed by atoms with Crippen molar-refractivity contribution in [1.82, 2.24) is 0 Å². The molecular formula is C45H44O19. The van der Waals surface area contributed by atoms with Crippen LogP contribution >= 0.6 is 0 Å². The molecule has 0 bridgehead atoms. The highest BCUT2D eigenvalue weighted by Gasteiger charge is 2.49. The summed E-state index contributed by atoms with van der Waals surface area (Å²) in [6.45, 7) is 3.00. The van der Waals surface area contributed by atoms with Gasteiger partial charge in [-0.3, -0.25) is 9.59 Å². The molecule has 4 heterocycles. The Kier molecular flexibility index (Phi) is 12.2. The Morgan fingerprint density at radius 2 is 1.02 bits per heavy atom. The first-order chi connectivity index (χ1) is 30.6. The van der Waals surface area contributed by atoms with Gasteiger partial charge in [-0.05, 0) is 49.2 Å². The molecule has 10 atom stereocenters. The molecule has 64 heavy (non-hydrogen) atoms. The van der Waals surface area contributed by atoms with Crippen LogP contribution in [0.1, 0.15) is 13.8 Å². The first-order valence-corrected chi connectivity index (χ1v) is 19.8. The summed E-state index contributed by atoms with van der Waals surface area (Å²) in [5.41, 5.74) is -0.214. The van der Waals surface area contributed by atoms with Gasteiger partial charge in [0.25, 0.3) is 0 Å². The number of phenols is 2. The average molecular weight is 889 g/mol. The van der Waals surface area contributed by atoms with E-state index in [0.717, 1.165) is 0 Å². The summed E-state index contributed by atoms with van der Waals surface area (Å²) in [6, 6.07) is 14.4. The highest BCUT2D eigenvalue weighted by molar-refractivity contribution is 5.90. The van der Waals surface area contributed by atoms with Crippen molar-refractivity contribution in [2.45, 2.75) is 75.3 Å². The van der Waals surface area contributed by atoms with E-state index in [0.29, 0.717) is 22.6 Å². The van der Waals surface area contributed by atoms with Gasteiger partial charge < -0.3 is 82.5 Å².